The lowest BCUT2D eigenvalue weighted by molar-refractivity contribution is 0.658. The van der Waals surface area contributed by atoms with Crippen LogP contribution < -0.4 is 0 Å². The van der Waals surface area contributed by atoms with Crippen molar-refractivity contribution >= 4 is 11.4 Å². The second-order valence-electron chi connectivity index (χ2n) is 2.55. The van der Waals surface area contributed by atoms with Gasteiger partial charge in [-0.2, -0.15) is 0 Å². The molecule has 0 radical (unpaired) electrons. The summed E-state index contributed by atoms with van der Waals surface area (Å²) in [7, 11) is 0. The molecule has 0 saturated carbocycles. The summed E-state index contributed by atoms with van der Waals surface area (Å²) in [6.45, 7) is 3.14. The first kappa shape index (κ1) is 7.85. The van der Waals surface area contributed by atoms with E-state index in [2.05, 4.69) is 0 Å². The van der Waals surface area contributed by atoms with Crippen molar-refractivity contribution in [2.24, 2.45) is 0 Å². The van der Waals surface area contributed by atoms with Crippen LogP contribution in [0.1, 0.15) is 13.8 Å². The zero-order chi connectivity index (χ0) is 8.59. The van der Waals surface area contributed by atoms with E-state index in [9.17, 15) is 4.39 Å². The van der Waals surface area contributed by atoms with E-state index in [1.54, 1.807) is 6.92 Å². The molecule has 2 N–H and O–H groups in total. The fourth-order valence-corrected chi connectivity index (χ4v) is 0.875. The Hall–Kier alpha value is -1.25. The number of nitrogens with one attached hydrogen (secondary N) is 2. The molecule has 0 aliphatic heterocycles. The van der Waals surface area contributed by atoms with Gasteiger partial charge in [0, 0.05) is 5.57 Å². The molecule has 0 saturated heterocycles. The molecule has 0 bridgehead atoms. The fourth-order valence-electron chi connectivity index (χ4n) is 0.875. The fraction of sp³-hybridized carbons (Fsp3) is 0.250. The lowest BCUT2D eigenvalue weighted by atomic mass is 9.96. The van der Waals surface area contributed by atoms with Crippen LogP contribution in [0.15, 0.2) is 23.0 Å². The summed E-state index contributed by atoms with van der Waals surface area (Å²) in [5, 5.41) is 14.6. The second-order valence-corrected chi connectivity index (χ2v) is 2.55. The minimum Gasteiger partial charge on any atom is -0.298 e. The lowest BCUT2D eigenvalue weighted by Crippen LogP contribution is -2.18. The molecule has 0 fully saturated rings. The van der Waals surface area contributed by atoms with Crippen molar-refractivity contribution in [3.8, 4) is 0 Å². The summed E-state index contributed by atoms with van der Waals surface area (Å²) in [6, 6.07) is 0. The van der Waals surface area contributed by atoms with Crippen molar-refractivity contribution in [3.05, 3.63) is 23.0 Å². The smallest absolute Gasteiger partial charge is 0.128 e. The third-order valence-corrected chi connectivity index (χ3v) is 1.72. The van der Waals surface area contributed by atoms with Crippen LogP contribution in [-0.4, -0.2) is 11.4 Å². The van der Waals surface area contributed by atoms with Gasteiger partial charge < -0.3 is 0 Å². The predicted octanol–water partition coefficient (Wildman–Crippen LogP) is 2.23. The van der Waals surface area contributed by atoms with E-state index < -0.39 is 5.83 Å². The molecular weight excluding hydrogens is 143 g/mol. The second kappa shape index (κ2) is 2.42. The molecule has 0 amide bonds. The lowest BCUT2D eigenvalue weighted by Gasteiger charge is -2.12. The Balaban J connectivity index is 3.22. The molecule has 0 spiro atoms. The van der Waals surface area contributed by atoms with Crippen LogP contribution in [0.4, 0.5) is 4.39 Å². The Bertz CT molecular complexity index is 293. The zero-order valence-corrected chi connectivity index (χ0v) is 6.46. The largest absolute Gasteiger partial charge is 0.298 e. The standard InChI is InChI=1S/C8H9FN2/c1-4-3-6(9)5(2)8(11)7(4)10/h3,10-11H,1-2H3. The number of hydrogen-bond acceptors (Lipinski definition) is 2. The van der Waals surface area contributed by atoms with Gasteiger partial charge in [-0.05, 0) is 25.5 Å². The van der Waals surface area contributed by atoms with Crippen molar-refractivity contribution in [2.45, 2.75) is 13.8 Å². The molecule has 2 nitrogen and oxygen atoms in total. The minimum absolute atomic E-state index is 0.0116. The summed E-state index contributed by atoms with van der Waals surface area (Å²) < 4.78 is 12.8. The first-order valence-corrected chi connectivity index (χ1v) is 3.27. The van der Waals surface area contributed by atoms with E-state index in [1.165, 1.54) is 13.0 Å². The van der Waals surface area contributed by atoms with E-state index in [0.717, 1.165) is 0 Å². The Morgan fingerprint density at radius 3 is 2.27 bits per heavy atom. The monoisotopic (exact) mass is 152 g/mol. The molecule has 1 aliphatic carbocycles. The van der Waals surface area contributed by atoms with E-state index >= 15 is 0 Å². The van der Waals surface area contributed by atoms with Crippen LogP contribution in [0.2, 0.25) is 0 Å². The molecule has 0 unspecified atom stereocenters. The van der Waals surface area contributed by atoms with Gasteiger partial charge in [0.05, 0.1) is 11.4 Å². The number of rotatable bonds is 0. The Labute approximate surface area is 64.4 Å². The van der Waals surface area contributed by atoms with E-state index in [1.807, 2.05) is 0 Å². The van der Waals surface area contributed by atoms with Crippen LogP contribution in [-0.2, 0) is 0 Å². The molecule has 0 heterocycles. The highest BCUT2D eigenvalue weighted by Gasteiger charge is 2.17. The van der Waals surface area contributed by atoms with Crippen molar-refractivity contribution < 1.29 is 4.39 Å². The van der Waals surface area contributed by atoms with Crippen LogP contribution in [0.3, 0.4) is 0 Å². The maximum absolute atomic E-state index is 12.8. The minimum atomic E-state index is -0.400. The molecular formula is C8H9FN2. The third-order valence-electron chi connectivity index (χ3n) is 1.72. The van der Waals surface area contributed by atoms with Gasteiger partial charge in [-0.25, -0.2) is 4.39 Å². The first-order chi connectivity index (χ1) is 5.04. The molecule has 1 aliphatic rings. The van der Waals surface area contributed by atoms with Crippen molar-refractivity contribution in [2.75, 3.05) is 0 Å². The number of hydrogen-bond donors (Lipinski definition) is 2. The number of halogens is 1. The van der Waals surface area contributed by atoms with Gasteiger partial charge in [0.25, 0.3) is 0 Å². The van der Waals surface area contributed by atoms with Gasteiger partial charge in [0.1, 0.15) is 5.83 Å². The number of allylic oxidation sites excluding steroid dienone is 4. The zero-order valence-electron chi connectivity index (χ0n) is 6.46. The highest BCUT2D eigenvalue weighted by Crippen LogP contribution is 2.18. The van der Waals surface area contributed by atoms with Gasteiger partial charge in [0.2, 0.25) is 0 Å². The van der Waals surface area contributed by atoms with Gasteiger partial charge in [0.15, 0.2) is 0 Å². The summed E-state index contributed by atoms with van der Waals surface area (Å²) in [5.74, 6) is -0.400. The van der Waals surface area contributed by atoms with Crippen LogP contribution in [0.25, 0.3) is 0 Å². The predicted molar refractivity (Wildman–Crippen MR) is 43.0 cm³/mol. The molecule has 0 aromatic rings. The summed E-state index contributed by atoms with van der Waals surface area (Å²) in [4.78, 5) is 0. The Morgan fingerprint density at radius 2 is 1.73 bits per heavy atom. The maximum Gasteiger partial charge on any atom is 0.128 e. The molecule has 1 rings (SSSR count). The average Bonchev–Trinajstić information content (AvgIpc) is 1.97. The van der Waals surface area contributed by atoms with Crippen molar-refractivity contribution in [3.63, 3.8) is 0 Å². The molecule has 3 heteroatoms. The van der Waals surface area contributed by atoms with E-state index in [-0.39, 0.29) is 17.0 Å². The highest BCUT2D eigenvalue weighted by atomic mass is 19.1. The highest BCUT2D eigenvalue weighted by molar-refractivity contribution is 6.52. The van der Waals surface area contributed by atoms with E-state index in [4.69, 9.17) is 10.8 Å². The summed E-state index contributed by atoms with van der Waals surface area (Å²) >= 11 is 0. The van der Waals surface area contributed by atoms with Crippen LogP contribution >= 0.6 is 0 Å². The average molecular weight is 152 g/mol. The molecule has 0 atom stereocenters. The van der Waals surface area contributed by atoms with Crippen LogP contribution in [0.5, 0.6) is 0 Å². The van der Waals surface area contributed by atoms with Crippen LogP contribution in [0, 0.1) is 10.8 Å². The normalized spacial score (nSPS) is 19.0. The quantitative estimate of drug-likeness (QED) is 0.500. The van der Waals surface area contributed by atoms with Crippen molar-refractivity contribution in [1.29, 1.82) is 10.8 Å². The molecule has 0 aromatic heterocycles. The topological polar surface area (TPSA) is 47.7 Å². The van der Waals surface area contributed by atoms with Gasteiger partial charge in [-0.3, -0.25) is 10.8 Å². The summed E-state index contributed by atoms with van der Waals surface area (Å²) in [6.07, 6.45) is 1.29. The Morgan fingerprint density at radius 1 is 1.18 bits per heavy atom. The summed E-state index contributed by atoms with van der Waals surface area (Å²) in [5.41, 5.74) is 0.866. The molecule has 0 aromatic carbocycles. The Kier molecular flexibility index (Phi) is 1.72. The van der Waals surface area contributed by atoms with Crippen molar-refractivity contribution in [1.82, 2.24) is 0 Å². The third kappa shape index (κ3) is 1.13. The molecule has 11 heavy (non-hydrogen) atoms. The SMILES string of the molecule is CC1=CC(F)=C(C)C(=N)C1=N. The van der Waals surface area contributed by atoms with Gasteiger partial charge in [-0.15, -0.1) is 0 Å². The maximum atomic E-state index is 12.8. The van der Waals surface area contributed by atoms with Gasteiger partial charge >= 0.3 is 0 Å². The van der Waals surface area contributed by atoms with E-state index in [0.29, 0.717) is 5.57 Å². The first-order valence-electron chi connectivity index (χ1n) is 3.27. The molecule has 58 valence electrons. The van der Waals surface area contributed by atoms with Gasteiger partial charge in [-0.1, -0.05) is 0 Å².